The highest BCUT2D eigenvalue weighted by Crippen LogP contribution is 2.03. The smallest absolute Gasteiger partial charge is 0.302 e. The van der Waals surface area contributed by atoms with Gasteiger partial charge in [-0.25, -0.2) is 0 Å². The van der Waals surface area contributed by atoms with Crippen LogP contribution in [-0.2, 0) is 9.53 Å². The highest BCUT2D eigenvalue weighted by atomic mass is 35.6. The molecule has 0 aliphatic heterocycles. The minimum absolute atomic E-state index is 0.175. The molecule has 0 amide bonds. The first-order valence-electron chi connectivity index (χ1n) is 4.06. The summed E-state index contributed by atoms with van der Waals surface area (Å²) in [4.78, 5) is 10.2. The first-order valence-corrected chi connectivity index (χ1v) is 5.37. The Labute approximate surface area is 94.5 Å². The number of unbranched alkanes of at least 4 members (excludes halogenated alkanes) is 2. The number of hydrogen-bond donors (Lipinski definition) is 0. The molecule has 0 aromatic carbocycles. The van der Waals surface area contributed by atoms with Crippen molar-refractivity contribution in [3.05, 3.63) is 0 Å². The monoisotopic (exact) mass is 248 g/mol. The topological polar surface area (TPSA) is 26.3 Å². The molecule has 0 heterocycles. The van der Waals surface area contributed by atoms with Crippen LogP contribution in [0.5, 0.6) is 0 Å². The fourth-order valence-corrected chi connectivity index (χ4v) is 0.568. The van der Waals surface area contributed by atoms with Gasteiger partial charge in [-0.3, -0.25) is 4.79 Å². The van der Waals surface area contributed by atoms with E-state index in [-0.39, 0.29) is 5.97 Å². The predicted molar refractivity (Wildman–Crippen MR) is 57.5 cm³/mol. The molecule has 13 heavy (non-hydrogen) atoms. The summed E-state index contributed by atoms with van der Waals surface area (Å²) in [6.45, 7) is 4.14. The van der Waals surface area contributed by atoms with E-state index in [1.165, 1.54) is 13.3 Å². The van der Waals surface area contributed by atoms with Crippen LogP contribution < -0.4 is 0 Å². The van der Waals surface area contributed by atoms with Gasteiger partial charge in [-0.05, 0) is 6.42 Å². The largest absolute Gasteiger partial charge is 0.466 e. The zero-order valence-corrected chi connectivity index (χ0v) is 10.1. The molecule has 0 atom stereocenters. The molecule has 0 saturated carbocycles. The van der Waals surface area contributed by atoms with Gasteiger partial charge in [-0.2, -0.15) is 0 Å². The van der Waals surface area contributed by atoms with Gasteiger partial charge in [0.1, 0.15) is 0 Å². The molecule has 0 radical (unpaired) electrons. The van der Waals surface area contributed by atoms with E-state index in [9.17, 15) is 4.79 Å². The molecule has 0 spiro atoms. The minimum atomic E-state index is -0.750. The molecular formula is C8H15Cl3O2. The quantitative estimate of drug-likeness (QED) is 0.431. The van der Waals surface area contributed by atoms with Crippen molar-refractivity contribution >= 4 is 40.8 Å². The molecule has 0 aromatic rings. The SMILES string of the molecule is CCCCCOC(C)=O.ClC(Cl)Cl. The van der Waals surface area contributed by atoms with Crippen molar-refractivity contribution in [3.8, 4) is 0 Å². The first kappa shape index (κ1) is 15.8. The molecule has 0 N–H and O–H groups in total. The summed E-state index contributed by atoms with van der Waals surface area (Å²) >= 11 is 14.4. The van der Waals surface area contributed by atoms with Gasteiger partial charge in [0.2, 0.25) is 0 Å². The highest BCUT2D eigenvalue weighted by molar-refractivity contribution is 6.63. The molecule has 0 aromatic heterocycles. The van der Waals surface area contributed by atoms with Crippen LogP contribution in [-0.4, -0.2) is 16.9 Å². The van der Waals surface area contributed by atoms with Crippen molar-refractivity contribution in [1.82, 2.24) is 0 Å². The number of hydrogen-bond acceptors (Lipinski definition) is 2. The van der Waals surface area contributed by atoms with Crippen molar-refractivity contribution in [3.63, 3.8) is 0 Å². The van der Waals surface area contributed by atoms with Crippen molar-refractivity contribution in [2.75, 3.05) is 6.61 Å². The van der Waals surface area contributed by atoms with Crippen LogP contribution in [0.15, 0.2) is 0 Å². The fourth-order valence-electron chi connectivity index (χ4n) is 0.568. The van der Waals surface area contributed by atoms with Crippen LogP contribution in [0, 0.1) is 0 Å². The number of alkyl halides is 3. The molecule has 0 aliphatic rings. The lowest BCUT2D eigenvalue weighted by Crippen LogP contribution is -1.99. The van der Waals surface area contributed by atoms with Crippen molar-refractivity contribution in [2.24, 2.45) is 0 Å². The lowest BCUT2D eigenvalue weighted by Gasteiger charge is -1.98. The number of rotatable bonds is 4. The summed E-state index contributed by atoms with van der Waals surface area (Å²) in [5.41, 5.74) is 0. The van der Waals surface area contributed by atoms with Crippen molar-refractivity contribution < 1.29 is 9.53 Å². The number of ether oxygens (including phenoxy) is 1. The summed E-state index contributed by atoms with van der Waals surface area (Å²) in [5.74, 6) is -0.175. The van der Waals surface area contributed by atoms with Crippen LogP contribution in [0.2, 0.25) is 0 Å². The summed E-state index contributed by atoms with van der Waals surface area (Å²) in [5, 5.41) is 0. The first-order chi connectivity index (χ1) is 6.00. The van der Waals surface area contributed by atoms with E-state index >= 15 is 0 Å². The Morgan fingerprint density at radius 2 is 1.77 bits per heavy atom. The van der Waals surface area contributed by atoms with Gasteiger partial charge < -0.3 is 4.74 Å². The second kappa shape index (κ2) is 12.3. The summed E-state index contributed by atoms with van der Waals surface area (Å²) < 4.78 is 3.96. The molecule has 80 valence electrons. The van der Waals surface area contributed by atoms with Gasteiger partial charge in [0.15, 0.2) is 4.30 Å². The average molecular weight is 250 g/mol. The molecule has 0 bridgehead atoms. The van der Waals surface area contributed by atoms with Gasteiger partial charge >= 0.3 is 5.97 Å². The zero-order valence-electron chi connectivity index (χ0n) is 7.86. The van der Waals surface area contributed by atoms with Crippen molar-refractivity contribution in [1.29, 1.82) is 0 Å². The maximum atomic E-state index is 10.2. The Morgan fingerprint density at radius 1 is 1.31 bits per heavy atom. The summed E-state index contributed by atoms with van der Waals surface area (Å²) in [6.07, 6.45) is 3.31. The lowest BCUT2D eigenvalue weighted by atomic mass is 10.3. The van der Waals surface area contributed by atoms with E-state index in [0.717, 1.165) is 12.8 Å². The number of halogens is 3. The Kier molecular flexibility index (Phi) is 15.0. The zero-order chi connectivity index (χ0) is 10.7. The van der Waals surface area contributed by atoms with Gasteiger partial charge in [-0.1, -0.05) is 54.6 Å². The van der Waals surface area contributed by atoms with E-state index < -0.39 is 4.30 Å². The van der Waals surface area contributed by atoms with Crippen LogP contribution in [0.4, 0.5) is 0 Å². The third-order valence-electron chi connectivity index (χ3n) is 1.05. The van der Waals surface area contributed by atoms with Crippen LogP contribution in [0.3, 0.4) is 0 Å². The van der Waals surface area contributed by atoms with Gasteiger partial charge in [0, 0.05) is 6.92 Å². The Balaban J connectivity index is 0. The van der Waals surface area contributed by atoms with E-state index in [2.05, 4.69) is 6.92 Å². The molecule has 0 fully saturated rings. The predicted octanol–water partition coefficient (Wildman–Crippen LogP) is 3.73. The second-order valence-corrected chi connectivity index (χ2v) is 4.27. The van der Waals surface area contributed by atoms with Gasteiger partial charge in [0.05, 0.1) is 6.61 Å². The number of esters is 1. The Hall–Kier alpha value is 0.340. The van der Waals surface area contributed by atoms with E-state index in [1.807, 2.05) is 0 Å². The van der Waals surface area contributed by atoms with E-state index in [4.69, 9.17) is 39.5 Å². The maximum Gasteiger partial charge on any atom is 0.302 e. The molecule has 2 nitrogen and oxygen atoms in total. The molecule has 0 saturated heterocycles. The van der Waals surface area contributed by atoms with Crippen LogP contribution in [0.1, 0.15) is 33.1 Å². The lowest BCUT2D eigenvalue weighted by molar-refractivity contribution is -0.141. The second-order valence-electron chi connectivity index (χ2n) is 2.29. The summed E-state index contributed by atoms with van der Waals surface area (Å²) in [6, 6.07) is 0. The number of carbonyl (C=O) groups is 1. The molecule has 5 heteroatoms. The standard InChI is InChI=1S/C7H14O2.CHCl3/c1-3-4-5-6-9-7(2)8;2-1(3)4/h3-6H2,1-2H3;1H. The molecule has 0 unspecified atom stereocenters. The molecule has 0 rings (SSSR count). The van der Waals surface area contributed by atoms with E-state index in [0.29, 0.717) is 6.61 Å². The van der Waals surface area contributed by atoms with Crippen LogP contribution in [0.25, 0.3) is 0 Å². The third kappa shape index (κ3) is 32.8. The Bertz CT molecular complexity index is 115. The van der Waals surface area contributed by atoms with E-state index in [1.54, 1.807) is 0 Å². The highest BCUT2D eigenvalue weighted by Gasteiger charge is 1.89. The maximum absolute atomic E-state index is 10.2. The number of carbonyl (C=O) groups excluding carboxylic acids is 1. The average Bonchev–Trinajstić information content (AvgIpc) is 1.97. The van der Waals surface area contributed by atoms with Gasteiger partial charge in [-0.15, -0.1) is 0 Å². The molecule has 0 aliphatic carbocycles. The Morgan fingerprint density at radius 3 is 2.08 bits per heavy atom. The van der Waals surface area contributed by atoms with Crippen LogP contribution >= 0.6 is 34.8 Å². The van der Waals surface area contributed by atoms with Gasteiger partial charge in [0.25, 0.3) is 0 Å². The third-order valence-corrected chi connectivity index (χ3v) is 1.05. The summed E-state index contributed by atoms with van der Waals surface area (Å²) in [7, 11) is 0. The minimum Gasteiger partial charge on any atom is -0.466 e. The normalized spacial score (nSPS) is 9.08. The fraction of sp³-hybridized carbons (Fsp3) is 0.875. The molecular weight excluding hydrogens is 234 g/mol. The van der Waals surface area contributed by atoms with Crippen molar-refractivity contribution in [2.45, 2.75) is 37.4 Å².